The maximum absolute atomic E-state index is 11.9. The summed E-state index contributed by atoms with van der Waals surface area (Å²) in [6.45, 7) is 0. The maximum Gasteiger partial charge on any atom is 0.446 e. The molecular weight excluding hydrogens is 233 g/mol. The van der Waals surface area contributed by atoms with E-state index in [1.165, 1.54) is 0 Å². The van der Waals surface area contributed by atoms with Crippen molar-refractivity contribution in [2.45, 2.75) is 10.4 Å². The van der Waals surface area contributed by atoms with Crippen molar-refractivity contribution in [1.29, 1.82) is 0 Å². The van der Waals surface area contributed by atoms with E-state index in [0.717, 1.165) is 12.1 Å². The number of carboxylic acid groups (broad SMARTS) is 1. The van der Waals surface area contributed by atoms with E-state index < -0.39 is 34.6 Å². The number of hydrogen-bond donors (Lipinski definition) is 1. The Labute approximate surface area is 86.5 Å². The summed E-state index contributed by atoms with van der Waals surface area (Å²) < 4.78 is 35.7. The lowest BCUT2D eigenvalue weighted by Gasteiger charge is -2.12. The van der Waals surface area contributed by atoms with Crippen LogP contribution in [0.1, 0.15) is 10.4 Å². The zero-order valence-electron chi connectivity index (χ0n) is 7.04. The van der Waals surface area contributed by atoms with Crippen LogP contribution >= 0.6 is 11.8 Å². The second-order valence-corrected chi connectivity index (χ2v) is 3.65. The highest BCUT2D eigenvalue weighted by molar-refractivity contribution is 8.00. The van der Waals surface area contributed by atoms with Crippen LogP contribution in [-0.2, 0) is 0 Å². The molecule has 1 rings (SSSR count). The average Bonchev–Trinajstić information content (AvgIpc) is 2.05. The molecule has 0 unspecified atom stereocenters. The highest BCUT2D eigenvalue weighted by Gasteiger charge is 2.29. The van der Waals surface area contributed by atoms with Crippen molar-refractivity contribution in [3.8, 4) is 5.75 Å². The molecule has 0 heterocycles. The van der Waals surface area contributed by atoms with E-state index in [-0.39, 0.29) is 4.90 Å². The molecule has 82 valence electrons. The Morgan fingerprint density at radius 3 is 2.47 bits per heavy atom. The van der Waals surface area contributed by atoms with Crippen molar-refractivity contribution >= 4 is 17.7 Å². The minimum absolute atomic E-state index is 0.320. The number of hydrogen-bond acceptors (Lipinski definition) is 3. The van der Waals surface area contributed by atoms with Gasteiger partial charge in [0.05, 0.1) is 5.56 Å². The van der Waals surface area contributed by atoms with Gasteiger partial charge in [-0.1, -0.05) is 11.8 Å². The molecule has 0 atom stereocenters. The molecule has 0 amide bonds. The summed E-state index contributed by atoms with van der Waals surface area (Å²) in [5.41, 5.74) is -5.16. The summed E-state index contributed by atoms with van der Waals surface area (Å²) in [5.74, 6) is -2.35. The molecule has 0 saturated heterocycles. The van der Waals surface area contributed by atoms with Crippen LogP contribution in [0.3, 0.4) is 0 Å². The SMILES string of the molecule is O=C(O)c1cc(SC(F)(F)F)ccc1[O-]. The molecule has 1 aromatic carbocycles. The summed E-state index contributed by atoms with van der Waals surface area (Å²) in [4.78, 5) is 10.1. The molecule has 1 N–H and O–H groups in total. The fourth-order valence-corrected chi connectivity index (χ4v) is 1.45. The van der Waals surface area contributed by atoms with E-state index in [1.807, 2.05) is 0 Å². The van der Waals surface area contributed by atoms with Gasteiger partial charge in [0.1, 0.15) is 0 Å². The second kappa shape index (κ2) is 4.01. The zero-order chi connectivity index (χ0) is 11.6. The Morgan fingerprint density at radius 1 is 1.40 bits per heavy atom. The summed E-state index contributed by atoms with van der Waals surface area (Å²) in [7, 11) is 0. The fourth-order valence-electron chi connectivity index (χ4n) is 0.873. The largest absolute Gasteiger partial charge is 0.872 e. The number of aromatic carboxylic acids is 1. The third-order valence-corrected chi connectivity index (χ3v) is 2.14. The number of carboxylic acids is 1. The van der Waals surface area contributed by atoms with Gasteiger partial charge in [-0.25, -0.2) is 4.79 Å². The Morgan fingerprint density at radius 2 is 2.00 bits per heavy atom. The third-order valence-electron chi connectivity index (χ3n) is 1.42. The van der Waals surface area contributed by atoms with Crippen LogP contribution in [0.2, 0.25) is 0 Å². The van der Waals surface area contributed by atoms with Crippen LogP contribution < -0.4 is 5.11 Å². The lowest BCUT2D eigenvalue weighted by molar-refractivity contribution is -0.268. The number of carbonyl (C=O) groups is 1. The molecule has 0 aliphatic rings. The van der Waals surface area contributed by atoms with Crippen molar-refractivity contribution in [3.05, 3.63) is 23.8 Å². The number of rotatable bonds is 2. The molecule has 0 aliphatic heterocycles. The number of thioether (sulfide) groups is 1. The first kappa shape index (κ1) is 11.7. The first-order valence-corrected chi connectivity index (χ1v) is 4.41. The summed E-state index contributed by atoms with van der Waals surface area (Å²) in [6.07, 6.45) is 0. The van der Waals surface area contributed by atoms with Crippen LogP contribution in [0, 0.1) is 0 Å². The van der Waals surface area contributed by atoms with E-state index in [4.69, 9.17) is 5.11 Å². The Hall–Kier alpha value is -1.37. The van der Waals surface area contributed by atoms with Gasteiger partial charge in [0.2, 0.25) is 0 Å². The lowest BCUT2D eigenvalue weighted by Crippen LogP contribution is -2.05. The van der Waals surface area contributed by atoms with Crippen molar-refractivity contribution in [3.63, 3.8) is 0 Å². The smallest absolute Gasteiger partial charge is 0.446 e. The minimum atomic E-state index is -4.50. The summed E-state index contributed by atoms with van der Waals surface area (Å²) >= 11 is -0.461. The molecule has 0 spiro atoms. The summed E-state index contributed by atoms with van der Waals surface area (Å²) in [5, 5.41) is 19.4. The van der Waals surface area contributed by atoms with E-state index in [2.05, 4.69) is 0 Å². The number of halogens is 3. The van der Waals surface area contributed by atoms with E-state index in [0.29, 0.717) is 6.07 Å². The molecule has 0 radical (unpaired) electrons. The zero-order valence-corrected chi connectivity index (χ0v) is 7.85. The topological polar surface area (TPSA) is 60.4 Å². The van der Waals surface area contributed by atoms with Gasteiger partial charge in [0.25, 0.3) is 0 Å². The Kier molecular flexibility index (Phi) is 3.13. The number of benzene rings is 1. The molecule has 0 aromatic heterocycles. The van der Waals surface area contributed by atoms with Gasteiger partial charge in [-0.05, 0) is 23.9 Å². The van der Waals surface area contributed by atoms with Crippen molar-refractivity contribution in [2.24, 2.45) is 0 Å². The van der Waals surface area contributed by atoms with Gasteiger partial charge in [0, 0.05) is 4.90 Å². The average molecular weight is 237 g/mol. The predicted molar refractivity (Wildman–Crippen MR) is 44.8 cm³/mol. The normalized spacial score (nSPS) is 11.4. The van der Waals surface area contributed by atoms with Gasteiger partial charge in [0.15, 0.2) is 0 Å². The van der Waals surface area contributed by atoms with Crippen LogP contribution in [0.25, 0.3) is 0 Å². The Bertz CT molecular complexity index is 389. The predicted octanol–water partition coefficient (Wildman–Crippen LogP) is 2.07. The lowest BCUT2D eigenvalue weighted by atomic mass is 10.2. The standard InChI is InChI=1S/C8H5F3O3S/c9-8(10,11)15-4-1-2-6(12)5(3-4)7(13)14/h1-3,12H,(H,13,14)/p-1. The van der Waals surface area contributed by atoms with E-state index in [9.17, 15) is 23.1 Å². The second-order valence-electron chi connectivity index (χ2n) is 2.51. The molecule has 7 heteroatoms. The molecule has 0 bridgehead atoms. The first-order valence-electron chi connectivity index (χ1n) is 3.60. The van der Waals surface area contributed by atoms with Gasteiger partial charge in [-0.15, -0.1) is 0 Å². The maximum atomic E-state index is 11.9. The van der Waals surface area contributed by atoms with Gasteiger partial charge < -0.3 is 10.2 Å². The van der Waals surface area contributed by atoms with Gasteiger partial charge >= 0.3 is 11.5 Å². The monoisotopic (exact) mass is 237 g/mol. The van der Waals surface area contributed by atoms with Gasteiger partial charge in [-0.2, -0.15) is 13.2 Å². The van der Waals surface area contributed by atoms with E-state index >= 15 is 0 Å². The van der Waals surface area contributed by atoms with Crippen molar-refractivity contribution in [2.75, 3.05) is 0 Å². The minimum Gasteiger partial charge on any atom is -0.872 e. The molecule has 15 heavy (non-hydrogen) atoms. The molecule has 0 saturated carbocycles. The molecule has 1 aromatic rings. The number of alkyl halides is 3. The molecule has 3 nitrogen and oxygen atoms in total. The molecular formula is C8H4F3O3S-. The third kappa shape index (κ3) is 3.35. The Balaban J connectivity index is 3.03. The molecule has 0 fully saturated rings. The quantitative estimate of drug-likeness (QED) is 0.800. The van der Waals surface area contributed by atoms with Crippen LogP contribution in [0.15, 0.2) is 23.1 Å². The highest BCUT2D eigenvalue weighted by Crippen LogP contribution is 2.37. The first-order chi connectivity index (χ1) is 6.79. The fraction of sp³-hybridized carbons (Fsp3) is 0.125. The van der Waals surface area contributed by atoms with Crippen molar-refractivity contribution < 1.29 is 28.2 Å². The van der Waals surface area contributed by atoms with Gasteiger partial charge in [-0.3, -0.25) is 0 Å². The van der Waals surface area contributed by atoms with E-state index in [1.54, 1.807) is 0 Å². The summed E-state index contributed by atoms with van der Waals surface area (Å²) in [6, 6.07) is 2.45. The highest BCUT2D eigenvalue weighted by atomic mass is 32.2. The van der Waals surface area contributed by atoms with Crippen molar-refractivity contribution in [1.82, 2.24) is 0 Å². The van der Waals surface area contributed by atoms with Crippen LogP contribution in [-0.4, -0.2) is 16.6 Å². The van der Waals surface area contributed by atoms with Crippen LogP contribution in [0.4, 0.5) is 13.2 Å². The van der Waals surface area contributed by atoms with Crippen LogP contribution in [0.5, 0.6) is 5.75 Å². The molecule has 0 aliphatic carbocycles.